The van der Waals surface area contributed by atoms with E-state index in [-0.39, 0.29) is 0 Å². The number of fused-ring (bicyclic) bond motifs is 1. The van der Waals surface area contributed by atoms with E-state index < -0.39 is 0 Å². The maximum atomic E-state index is 10.3. The summed E-state index contributed by atoms with van der Waals surface area (Å²) in [5.74, 6) is 2.22. The molecule has 1 heterocycles. The van der Waals surface area contributed by atoms with Crippen molar-refractivity contribution in [2.45, 2.75) is 25.7 Å². The first-order valence-corrected chi connectivity index (χ1v) is 5.38. The Bertz CT molecular complexity index is 555. The van der Waals surface area contributed by atoms with E-state index in [0.29, 0.717) is 18.1 Å². The predicted octanol–water partition coefficient (Wildman–Crippen LogP) is 2.28. The van der Waals surface area contributed by atoms with Crippen LogP contribution in [-0.4, -0.2) is 16.4 Å². The van der Waals surface area contributed by atoms with Gasteiger partial charge in [-0.15, -0.1) is 0 Å². The maximum absolute atomic E-state index is 10.3. The Morgan fingerprint density at radius 1 is 1.50 bits per heavy atom. The average molecular weight is 216 g/mol. The van der Waals surface area contributed by atoms with Crippen molar-refractivity contribution in [3.05, 3.63) is 23.5 Å². The fraction of sp³-hybridized carbons (Fsp3) is 0.333. The van der Waals surface area contributed by atoms with Gasteiger partial charge in [-0.2, -0.15) is 0 Å². The zero-order valence-corrected chi connectivity index (χ0v) is 8.99. The van der Waals surface area contributed by atoms with Crippen LogP contribution in [0.1, 0.15) is 30.1 Å². The molecule has 0 radical (unpaired) electrons. The summed E-state index contributed by atoms with van der Waals surface area (Å²) in [7, 11) is 0. The SMILES string of the molecule is Cc1cc(OC=O)cc2[nH]c(C3CC3)nc12. The third-order valence-corrected chi connectivity index (χ3v) is 2.92. The van der Waals surface area contributed by atoms with Crippen LogP contribution in [0.25, 0.3) is 11.0 Å². The molecule has 0 aliphatic heterocycles. The van der Waals surface area contributed by atoms with E-state index in [1.807, 2.05) is 19.1 Å². The van der Waals surface area contributed by atoms with Crippen LogP contribution >= 0.6 is 0 Å². The van der Waals surface area contributed by atoms with Crippen LogP contribution in [0.4, 0.5) is 0 Å². The number of nitrogens with zero attached hydrogens (tertiary/aromatic N) is 1. The normalized spacial score (nSPS) is 15.3. The summed E-state index contributed by atoms with van der Waals surface area (Å²) in [6.45, 7) is 2.41. The van der Waals surface area contributed by atoms with Gasteiger partial charge in [0.15, 0.2) is 0 Å². The second kappa shape index (κ2) is 3.33. The van der Waals surface area contributed by atoms with E-state index in [4.69, 9.17) is 4.74 Å². The number of H-pyrrole nitrogens is 1. The highest BCUT2D eigenvalue weighted by molar-refractivity contribution is 5.81. The molecule has 1 aromatic carbocycles. The molecule has 0 saturated heterocycles. The van der Waals surface area contributed by atoms with Gasteiger partial charge < -0.3 is 9.72 Å². The number of carbonyl (C=O) groups excluding carboxylic acids is 1. The van der Waals surface area contributed by atoms with Crippen LogP contribution in [0.5, 0.6) is 5.75 Å². The fourth-order valence-corrected chi connectivity index (χ4v) is 1.95. The standard InChI is InChI=1S/C12H12N2O2/c1-7-4-9(16-6-15)5-10-11(7)14-12(13-10)8-2-3-8/h4-6,8H,2-3H2,1H3,(H,13,14). The number of carbonyl (C=O) groups is 1. The summed E-state index contributed by atoms with van der Waals surface area (Å²) in [5.41, 5.74) is 2.94. The van der Waals surface area contributed by atoms with Crippen LogP contribution in [-0.2, 0) is 4.79 Å². The van der Waals surface area contributed by atoms with Crippen molar-refractivity contribution in [2.75, 3.05) is 0 Å². The highest BCUT2D eigenvalue weighted by Crippen LogP contribution is 2.39. The van der Waals surface area contributed by atoms with Crippen LogP contribution in [0.3, 0.4) is 0 Å². The van der Waals surface area contributed by atoms with Gasteiger partial charge in [0, 0.05) is 12.0 Å². The third-order valence-electron chi connectivity index (χ3n) is 2.92. The topological polar surface area (TPSA) is 55.0 Å². The molecule has 1 aliphatic rings. The second-order valence-electron chi connectivity index (χ2n) is 4.25. The lowest BCUT2D eigenvalue weighted by molar-refractivity contribution is -0.120. The molecule has 1 N–H and O–H groups in total. The zero-order valence-electron chi connectivity index (χ0n) is 8.99. The highest BCUT2D eigenvalue weighted by atomic mass is 16.5. The van der Waals surface area contributed by atoms with Crippen LogP contribution in [0.2, 0.25) is 0 Å². The first-order chi connectivity index (χ1) is 7.78. The number of aryl methyl sites for hydroxylation is 1. The van der Waals surface area contributed by atoms with Gasteiger partial charge in [0.05, 0.1) is 11.0 Å². The number of ether oxygens (including phenoxy) is 1. The van der Waals surface area contributed by atoms with E-state index in [1.54, 1.807) is 0 Å². The van der Waals surface area contributed by atoms with Gasteiger partial charge >= 0.3 is 0 Å². The van der Waals surface area contributed by atoms with E-state index in [1.165, 1.54) is 12.8 Å². The predicted molar refractivity (Wildman–Crippen MR) is 59.5 cm³/mol. The number of aromatic amines is 1. The molecule has 0 atom stereocenters. The molecule has 1 fully saturated rings. The summed E-state index contributed by atoms with van der Waals surface area (Å²) < 4.78 is 4.85. The number of aromatic nitrogens is 2. The molecule has 0 bridgehead atoms. The minimum absolute atomic E-state index is 0.443. The largest absolute Gasteiger partial charge is 0.429 e. The minimum Gasteiger partial charge on any atom is -0.429 e. The molecular formula is C12H12N2O2. The van der Waals surface area contributed by atoms with Gasteiger partial charge in [-0.05, 0) is 31.4 Å². The molecule has 1 saturated carbocycles. The fourth-order valence-electron chi connectivity index (χ4n) is 1.95. The lowest BCUT2D eigenvalue weighted by Gasteiger charge is -1.99. The molecule has 0 spiro atoms. The van der Waals surface area contributed by atoms with Crippen LogP contribution in [0.15, 0.2) is 12.1 Å². The van der Waals surface area contributed by atoms with Crippen molar-refractivity contribution in [1.82, 2.24) is 9.97 Å². The molecule has 0 unspecified atom stereocenters. The Balaban J connectivity index is 2.13. The van der Waals surface area contributed by atoms with Crippen molar-refractivity contribution in [3.63, 3.8) is 0 Å². The average Bonchev–Trinajstić information content (AvgIpc) is 3.00. The molecule has 1 aromatic heterocycles. The van der Waals surface area contributed by atoms with Crippen molar-refractivity contribution in [3.8, 4) is 5.75 Å². The van der Waals surface area contributed by atoms with Crippen molar-refractivity contribution in [1.29, 1.82) is 0 Å². The van der Waals surface area contributed by atoms with Crippen molar-refractivity contribution in [2.24, 2.45) is 0 Å². The summed E-state index contributed by atoms with van der Waals surface area (Å²) in [6, 6.07) is 3.64. The van der Waals surface area contributed by atoms with Crippen LogP contribution in [0, 0.1) is 6.92 Å². The summed E-state index contributed by atoms with van der Waals surface area (Å²) in [4.78, 5) is 18.2. The Kier molecular flexibility index (Phi) is 1.96. The number of hydrogen-bond donors (Lipinski definition) is 1. The number of hydrogen-bond acceptors (Lipinski definition) is 3. The van der Waals surface area contributed by atoms with Crippen molar-refractivity contribution < 1.29 is 9.53 Å². The minimum atomic E-state index is 0.443. The van der Waals surface area contributed by atoms with E-state index >= 15 is 0 Å². The molecule has 2 aromatic rings. The smallest absolute Gasteiger partial charge is 0.298 e. The van der Waals surface area contributed by atoms with Gasteiger partial charge in [0.2, 0.25) is 0 Å². The molecule has 16 heavy (non-hydrogen) atoms. The molecular weight excluding hydrogens is 204 g/mol. The Labute approximate surface area is 92.6 Å². The van der Waals surface area contributed by atoms with E-state index in [2.05, 4.69) is 9.97 Å². The van der Waals surface area contributed by atoms with Crippen LogP contribution < -0.4 is 4.74 Å². The first kappa shape index (κ1) is 9.39. The quantitative estimate of drug-likeness (QED) is 0.801. The van der Waals surface area contributed by atoms with E-state index in [0.717, 1.165) is 22.4 Å². The first-order valence-electron chi connectivity index (χ1n) is 5.38. The van der Waals surface area contributed by atoms with Gasteiger partial charge in [0.1, 0.15) is 11.6 Å². The Morgan fingerprint density at radius 2 is 2.31 bits per heavy atom. The Hall–Kier alpha value is -1.84. The monoisotopic (exact) mass is 216 g/mol. The number of nitrogens with one attached hydrogen (secondary N) is 1. The lowest BCUT2D eigenvalue weighted by Crippen LogP contribution is -1.89. The molecule has 82 valence electrons. The highest BCUT2D eigenvalue weighted by Gasteiger charge is 2.27. The maximum Gasteiger partial charge on any atom is 0.298 e. The molecule has 0 amide bonds. The number of imidazole rings is 1. The summed E-state index contributed by atoms with van der Waals surface area (Å²) in [5, 5.41) is 0. The molecule has 4 nitrogen and oxygen atoms in total. The van der Waals surface area contributed by atoms with Gasteiger partial charge in [-0.1, -0.05) is 0 Å². The second-order valence-corrected chi connectivity index (χ2v) is 4.25. The van der Waals surface area contributed by atoms with Gasteiger partial charge in [-0.25, -0.2) is 4.98 Å². The Morgan fingerprint density at radius 3 is 3.00 bits per heavy atom. The van der Waals surface area contributed by atoms with E-state index in [9.17, 15) is 4.79 Å². The molecule has 3 rings (SSSR count). The third kappa shape index (κ3) is 1.46. The summed E-state index contributed by atoms with van der Waals surface area (Å²) >= 11 is 0. The molecule has 4 heteroatoms. The number of rotatable bonds is 3. The molecule has 1 aliphatic carbocycles. The number of benzene rings is 1. The van der Waals surface area contributed by atoms with Gasteiger partial charge in [-0.3, -0.25) is 4.79 Å². The summed E-state index contributed by atoms with van der Waals surface area (Å²) in [6.07, 6.45) is 2.44. The van der Waals surface area contributed by atoms with Crippen molar-refractivity contribution >= 4 is 17.5 Å². The lowest BCUT2D eigenvalue weighted by atomic mass is 10.2. The van der Waals surface area contributed by atoms with Gasteiger partial charge in [0.25, 0.3) is 6.47 Å². The zero-order chi connectivity index (χ0) is 11.1.